The molecule has 180 valence electrons. The maximum Gasteiger partial charge on any atom is 0.341 e. The molecule has 5 aromatic rings. The van der Waals surface area contributed by atoms with E-state index in [-0.39, 0.29) is 22.9 Å². The van der Waals surface area contributed by atoms with Crippen LogP contribution in [0.3, 0.4) is 0 Å². The topological polar surface area (TPSA) is 154 Å². The van der Waals surface area contributed by atoms with E-state index in [0.717, 1.165) is 11.8 Å². The van der Waals surface area contributed by atoms with E-state index in [0.29, 0.717) is 28.0 Å². The third-order valence-electron chi connectivity index (χ3n) is 5.73. The zero-order valence-corrected chi connectivity index (χ0v) is 19.5. The fraction of sp³-hybridized carbons (Fsp3) is 0.120. The van der Waals surface area contributed by atoms with Crippen LogP contribution in [0.25, 0.3) is 27.7 Å². The number of fused-ring (bicyclic) bond motifs is 1. The molecule has 0 aliphatic heterocycles. The molecule has 0 bridgehead atoms. The normalized spacial score (nSPS) is 11.9. The summed E-state index contributed by atoms with van der Waals surface area (Å²) in [5, 5.41) is 17.3. The van der Waals surface area contributed by atoms with Crippen LogP contribution in [0.1, 0.15) is 29.1 Å². The van der Waals surface area contributed by atoms with Crippen LogP contribution in [-0.4, -0.2) is 40.4 Å². The molecule has 11 heteroatoms. The van der Waals surface area contributed by atoms with Crippen molar-refractivity contribution in [1.29, 1.82) is 0 Å². The van der Waals surface area contributed by atoms with Crippen LogP contribution in [0.2, 0.25) is 0 Å². The number of aromatic carboxylic acids is 1. The summed E-state index contributed by atoms with van der Waals surface area (Å²) >= 11 is 0. The molecule has 3 aromatic heterocycles. The fourth-order valence-corrected chi connectivity index (χ4v) is 4.10. The van der Waals surface area contributed by atoms with E-state index in [4.69, 9.17) is 10.7 Å². The molecule has 0 saturated carbocycles. The SMILES string of the molecule is C[C@@H](Nc1nc(N)ncc1C(=O)O)c1nc2cccc(-c3cnn(C)c3)c2c(=O)n1-c1ccccc1. The van der Waals surface area contributed by atoms with Gasteiger partial charge in [0, 0.05) is 25.0 Å². The fourth-order valence-electron chi connectivity index (χ4n) is 4.10. The van der Waals surface area contributed by atoms with E-state index in [1.807, 2.05) is 55.7 Å². The van der Waals surface area contributed by atoms with Crippen LogP contribution in [0, 0.1) is 0 Å². The van der Waals surface area contributed by atoms with Crippen LogP contribution in [0.4, 0.5) is 11.8 Å². The summed E-state index contributed by atoms with van der Waals surface area (Å²) < 4.78 is 3.19. The molecule has 1 atom stereocenters. The van der Waals surface area contributed by atoms with Crippen LogP contribution < -0.4 is 16.6 Å². The van der Waals surface area contributed by atoms with Crippen molar-refractivity contribution in [2.75, 3.05) is 11.1 Å². The minimum Gasteiger partial charge on any atom is -0.477 e. The Hall–Kier alpha value is -5.06. The Morgan fingerprint density at radius 3 is 2.56 bits per heavy atom. The highest BCUT2D eigenvalue weighted by Crippen LogP contribution is 2.28. The number of carboxylic acids is 1. The highest BCUT2D eigenvalue weighted by atomic mass is 16.4. The van der Waals surface area contributed by atoms with Gasteiger partial charge >= 0.3 is 5.97 Å². The molecule has 0 aliphatic rings. The lowest BCUT2D eigenvalue weighted by atomic mass is 10.0. The number of hydrogen-bond donors (Lipinski definition) is 3. The average Bonchev–Trinajstić information content (AvgIpc) is 3.30. The molecule has 0 aliphatic carbocycles. The Morgan fingerprint density at radius 2 is 1.86 bits per heavy atom. The largest absolute Gasteiger partial charge is 0.477 e. The molecule has 0 fully saturated rings. The molecule has 0 radical (unpaired) electrons. The second-order valence-corrected chi connectivity index (χ2v) is 8.21. The van der Waals surface area contributed by atoms with E-state index < -0.39 is 12.0 Å². The number of benzene rings is 2. The van der Waals surface area contributed by atoms with Crippen molar-refractivity contribution in [2.24, 2.45) is 7.05 Å². The van der Waals surface area contributed by atoms with E-state index >= 15 is 0 Å². The number of rotatable bonds is 6. The van der Waals surface area contributed by atoms with Gasteiger partial charge in [0.25, 0.3) is 5.56 Å². The first kappa shape index (κ1) is 22.7. The molecule has 0 amide bonds. The van der Waals surface area contributed by atoms with Gasteiger partial charge in [-0.25, -0.2) is 14.8 Å². The molecular weight excluding hydrogens is 460 g/mol. The van der Waals surface area contributed by atoms with E-state index in [9.17, 15) is 14.7 Å². The smallest absolute Gasteiger partial charge is 0.341 e. The first-order chi connectivity index (χ1) is 17.3. The number of nitrogens with zero attached hydrogens (tertiary/aromatic N) is 6. The van der Waals surface area contributed by atoms with Crippen molar-refractivity contribution in [3.05, 3.63) is 88.9 Å². The van der Waals surface area contributed by atoms with Gasteiger partial charge < -0.3 is 16.2 Å². The molecule has 11 nitrogen and oxygen atoms in total. The lowest BCUT2D eigenvalue weighted by Crippen LogP contribution is -2.28. The van der Waals surface area contributed by atoms with Gasteiger partial charge in [-0.05, 0) is 30.7 Å². The molecule has 5 rings (SSSR count). The summed E-state index contributed by atoms with van der Waals surface area (Å²) in [5.74, 6) is -0.892. The second kappa shape index (κ2) is 8.95. The number of nitrogens with two attached hydrogens (primary N) is 1. The van der Waals surface area contributed by atoms with Crippen molar-refractivity contribution in [1.82, 2.24) is 29.3 Å². The number of anilines is 2. The van der Waals surface area contributed by atoms with Gasteiger partial charge in [0.15, 0.2) is 0 Å². The Kier molecular flexibility index (Phi) is 5.65. The van der Waals surface area contributed by atoms with E-state index in [1.54, 1.807) is 23.9 Å². The average molecular weight is 483 g/mol. The van der Waals surface area contributed by atoms with Gasteiger partial charge in [0.2, 0.25) is 5.95 Å². The molecule has 0 unspecified atom stereocenters. The number of nitrogen functional groups attached to an aromatic ring is 1. The van der Waals surface area contributed by atoms with Crippen molar-refractivity contribution < 1.29 is 9.90 Å². The number of para-hydroxylation sites is 1. The number of carbonyl (C=O) groups is 1. The highest BCUT2D eigenvalue weighted by Gasteiger charge is 2.22. The number of aryl methyl sites for hydroxylation is 1. The molecule has 2 aromatic carbocycles. The van der Waals surface area contributed by atoms with Gasteiger partial charge in [0.05, 0.1) is 28.8 Å². The Labute approximate surface area is 204 Å². The molecule has 3 heterocycles. The van der Waals surface area contributed by atoms with Crippen LogP contribution in [0.15, 0.2) is 71.9 Å². The lowest BCUT2D eigenvalue weighted by Gasteiger charge is -2.21. The van der Waals surface area contributed by atoms with Crippen molar-refractivity contribution in [3.63, 3.8) is 0 Å². The zero-order chi connectivity index (χ0) is 25.4. The third kappa shape index (κ3) is 4.02. The number of nitrogens with one attached hydrogen (secondary N) is 1. The first-order valence-electron chi connectivity index (χ1n) is 11.1. The van der Waals surface area contributed by atoms with Crippen molar-refractivity contribution >= 4 is 28.6 Å². The van der Waals surface area contributed by atoms with Crippen molar-refractivity contribution in [2.45, 2.75) is 13.0 Å². The van der Waals surface area contributed by atoms with Gasteiger partial charge in [-0.3, -0.25) is 14.0 Å². The second-order valence-electron chi connectivity index (χ2n) is 8.21. The number of carboxylic acid groups (broad SMARTS) is 1. The summed E-state index contributed by atoms with van der Waals surface area (Å²) in [4.78, 5) is 38.4. The summed E-state index contributed by atoms with van der Waals surface area (Å²) in [6.07, 6.45) is 4.68. The third-order valence-corrected chi connectivity index (χ3v) is 5.73. The monoisotopic (exact) mass is 482 g/mol. The summed E-state index contributed by atoms with van der Waals surface area (Å²) in [5.41, 5.74) is 7.91. The maximum atomic E-state index is 14.1. The lowest BCUT2D eigenvalue weighted by molar-refractivity contribution is 0.0697. The minimum absolute atomic E-state index is 0.0283. The van der Waals surface area contributed by atoms with Crippen LogP contribution in [0.5, 0.6) is 0 Å². The predicted octanol–water partition coefficient (Wildman–Crippen LogP) is 3.03. The van der Waals surface area contributed by atoms with Gasteiger partial charge in [-0.2, -0.15) is 10.1 Å². The Morgan fingerprint density at radius 1 is 1.08 bits per heavy atom. The standard InChI is InChI=1S/C25H22N8O3/c1-14(29-21-18(24(35)36)12-27-25(26)31-21)22-30-19-10-6-9-17(15-11-28-32(2)13-15)20(19)23(34)33(22)16-7-4-3-5-8-16/h3-14H,1-2H3,(H,35,36)(H3,26,27,29,31)/t14-/m1/s1. The molecule has 4 N–H and O–H groups in total. The van der Waals surface area contributed by atoms with Gasteiger partial charge in [0.1, 0.15) is 17.2 Å². The quantitative estimate of drug-likeness (QED) is 0.331. The summed E-state index contributed by atoms with van der Waals surface area (Å²) in [6, 6.07) is 14.0. The van der Waals surface area contributed by atoms with E-state index in [1.165, 1.54) is 4.57 Å². The number of hydrogen-bond acceptors (Lipinski definition) is 8. The van der Waals surface area contributed by atoms with Gasteiger partial charge in [-0.1, -0.05) is 30.3 Å². The summed E-state index contributed by atoms with van der Waals surface area (Å²) in [7, 11) is 1.81. The van der Waals surface area contributed by atoms with Crippen LogP contribution >= 0.6 is 0 Å². The summed E-state index contributed by atoms with van der Waals surface area (Å²) in [6.45, 7) is 1.77. The molecule has 0 spiro atoms. The predicted molar refractivity (Wildman–Crippen MR) is 135 cm³/mol. The minimum atomic E-state index is -1.21. The maximum absolute atomic E-state index is 14.1. The molecular formula is C25H22N8O3. The molecule has 36 heavy (non-hydrogen) atoms. The van der Waals surface area contributed by atoms with Gasteiger partial charge in [-0.15, -0.1) is 0 Å². The highest BCUT2D eigenvalue weighted by molar-refractivity contribution is 5.94. The van der Waals surface area contributed by atoms with E-state index in [2.05, 4.69) is 20.4 Å². The Balaban J connectivity index is 1.74. The van der Waals surface area contributed by atoms with Crippen molar-refractivity contribution in [3.8, 4) is 16.8 Å². The van der Waals surface area contributed by atoms with Crippen LogP contribution in [-0.2, 0) is 7.05 Å². The molecule has 0 saturated heterocycles. The number of aromatic nitrogens is 6. The first-order valence-corrected chi connectivity index (χ1v) is 11.1. The zero-order valence-electron chi connectivity index (χ0n) is 19.5. The Bertz CT molecular complexity index is 1660.